The lowest BCUT2D eigenvalue weighted by Gasteiger charge is -2.34. The lowest BCUT2D eigenvalue weighted by atomic mass is 9.80. The number of benzene rings is 1. The van der Waals surface area contributed by atoms with E-state index in [1.54, 1.807) is 0 Å². The second kappa shape index (κ2) is 6.98. The van der Waals surface area contributed by atoms with Gasteiger partial charge in [-0.15, -0.1) is 16.4 Å². The van der Waals surface area contributed by atoms with E-state index in [1.807, 2.05) is 17.5 Å². The summed E-state index contributed by atoms with van der Waals surface area (Å²) in [6, 6.07) is 5.14. The number of alkyl halides is 3. The van der Waals surface area contributed by atoms with Crippen molar-refractivity contribution in [3.05, 3.63) is 74.9 Å². The molecule has 0 saturated heterocycles. The fraction of sp³-hybridized carbons (Fsp3) is 0.250. The van der Waals surface area contributed by atoms with Crippen molar-refractivity contribution in [2.24, 2.45) is 0 Å². The molecule has 0 saturated carbocycles. The Morgan fingerprint density at radius 2 is 1.87 bits per heavy atom. The Hall–Kier alpha value is -3.08. The highest BCUT2D eigenvalue weighted by Crippen LogP contribution is 2.45. The molecule has 31 heavy (non-hydrogen) atoms. The molecule has 0 fully saturated rings. The van der Waals surface area contributed by atoms with Crippen LogP contribution in [0.3, 0.4) is 0 Å². The Bertz CT molecular complexity index is 1190. The summed E-state index contributed by atoms with van der Waals surface area (Å²) in [7, 11) is 0. The van der Waals surface area contributed by atoms with Gasteiger partial charge < -0.3 is 5.32 Å². The molecule has 11 heteroatoms. The monoisotopic (exact) mass is 452 g/mol. The Morgan fingerprint density at radius 1 is 1.13 bits per heavy atom. The summed E-state index contributed by atoms with van der Waals surface area (Å²) in [5.41, 5.74) is 0.510. The van der Waals surface area contributed by atoms with Crippen molar-refractivity contribution in [3.8, 4) is 0 Å². The minimum atomic E-state index is -4.83. The zero-order valence-electron chi connectivity index (χ0n) is 15.6. The average Bonchev–Trinajstić information content (AvgIpc) is 3.34. The molecule has 1 N–H and O–H groups in total. The molecule has 2 aromatic heterocycles. The molecule has 1 aliphatic carbocycles. The molecule has 2 atom stereocenters. The standard InChI is InChI=1S/C20H13F5N4OS/c21-11-4-10(5-12(22)8-11)17-16-13(6-9(7-14(16)30)15-2-1-3-31-15)26-19-27-18(20(23,24)25)28-29(17)19/h1-5,8-9,17H,6-7H2,(H,26,27,28). The number of nitrogens with one attached hydrogen (secondary N) is 1. The third-order valence-electron chi connectivity index (χ3n) is 5.32. The van der Waals surface area contributed by atoms with Crippen LogP contribution in [0.15, 0.2) is 47.0 Å². The van der Waals surface area contributed by atoms with Crippen LogP contribution < -0.4 is 5.32 Å². The van der Waals surface area contributed by atoms with Crippen molar-refractivity contribution >= 4 is 23.1 Å². The van der Waals surface area contributed by atoms with Gasteiger partial charge >= 0.3 is 6.18 Å². The number of hydrogen-bond acceptors (Lipinski definition) is 5. The van der Waals surface area contributed by atoms with E-state index < -0.39 is 29.7 Å². The number of nitrogens with zero attached hydrogens (tertiary/aromatic N) is 3. The van der Waals surface area contributed by atoms with Crippen molar-refractivity contribution in [2.45, 2.75) is 31.0 Å². The van der Waals surface area contributed by atoms with Gasteiger partial charge in [-0.1, -0.05) is 6.07 Å². The number of allylic oxidation sites excluding steroid dienone is 2. The van der Waals surface area contributed by atoms with Crippen molar-refractivity contribution in [1.29, 1.82) is 0 Å². The summed E-state index contributed by atoms with van der Waals surface area (Å²) in [5, 5.41) is 8.21. The number of thiophene rings is 1. The highest BCUT2D eigenvalue weighted by Gasteiger charge is 2.43. The molecular formula is C20H13F5N4OS. The third kappa shape index (κ3) is 3.42. The number of Topliss-reactive ketones (excluding diaryl/α,β-unsaturated/α-hetero) is 1. The number of ketones is 1. The molecule has 160 valence electrons. The lowest BCUT2D eigenvalue weighted by molar-refractivity contribution is -0.145. The Kier molecular flexibility index (Phi) is 4.47. The van der Waals surface area contributed by atoms with Gasteiger partial charge in [-0.3, -0.25) is 4.79 Å². The second-order valence-corrected chi connectivity index (χ2v) is 8.35. The van der Waals surface area contributed by atoms with E-state index in [1.165, 1.54) is 11.3 Å². The van der Waals surface area contributed by atoms with E-state index in [0.717, 1.165) is 21.7 Å². The zero-order valence-corrected chi connectivity index (χ0v) is 16.4. The summed E-state index contributed by atoms with van der Waals surface area (Å²) in [5.74, 6) is -3.93. The van der Waals surface area contributed by atoms with Crippen LogP contribution in [0.4, 0.5) is 27.9 Å². The molecule has 0 amide bonds. The Morgan fingerprint density at radius 3 is 2.52 bits per heavy atom. The molecule has 0 bridgehead atoms. The fourth-order valence-corrected chi connectivity index (χ4v) is 4.93. The van der Waals surface area contributed by atoms with E-state index in [-0.39, 0.29) is 35.2 Å². The van der Waals surface area contributed by atoms with Gasteiger partial charge in [0.25, 0.3) is 5.82 Å². The van der Waals surface area contributed by atoms with Gasteiger partial charge in [0.1, 0.15) is 17.7 Å². The zero-order chi connectivity index (χ0) is 21.9. The molecule has 1 aliphatic heterocycles. The van der Waals surface area contributed by atoms with Gasteiger partial charge in [0.15, 0.2) is 5.78 Å². The Balaban J connectivity index is 1.67. The predicted molar refractivity (Wildman–Crippen MR) is 101 cm³/mol. The number of hydrogen-bond donors (Lipinski definition) is 1. The molecule has 2 unspecified atom stereocenters. The molecule has 3 aromatic rings. The minimum absolute atomic E-state index is 0.0192. The van der Waals surface area contributed by atoms with E-state index >= 15 is 0 Å². The molecule has 5 rings (SSSR count). The molecule has 0 spiro atoms. The number of carbonyl (C=O) groups is 1. The lowest BCUT2D eigenvalue weighted by Crippen LogP contribution is -2.33. The number of carbonyl (C=O) groups excluding carboxylic acids is 1. The van der Waals surface area contributed by atoms with Gasteiger partial charge in [0, 0.05) is 34.6 Å². The molecule has 1 aromatic carbocycles. The molecule has 2 aliphatic rings. The SMILES string of the molecule is O=C1CC(c2cccs2)CC2=C1C(c1cc(F)cc(F)c1)n1nc(C(F)(F)F)nc1N2. The summed E-state index contributed by atoms with van der Waals surface area (Å²) in [4.78, 5) is 17.6. The first kappa shape index (κ1) is 19.9. The summed E-state index contributed by atoms with van der Waals surface area (Å²) >= 11 is 1.48. The van der Waals surface area contributed by atoms with Crippen LogP contribution in [0.5, 0.6) is 0 Å². The van der Waals surface area contributed by atoms with Crippen molar-refractivity contribution in [1.82, 2.24) is 14.8 Å². The van der Waals surface area contributed by atoms with Crippen LogP contribution in [0.2, 0.25) is 0 Å². The molecular weight excluding hydrogens is 439 g/mol. The number of fused-ring (bicyclic) bond motifs is 1. The number of rotatable bonds is 2. The van der Waals surface area contributed by atoms with Crippen molar-refractivity contribution in [2.75, 3.05) is 5.32 Å². The van der Waals surface area contributed by atoms with Gasteiger partial charge in [0.05, 0.1) is 0 Å². The highest BCUT2D eigenvalue weighted by atomic mass is 32.1. The van der Waals surface area contributed by atoms with E-state index in [2.05, 4.69) is 15.4 Å². The smallest absolute Gasteiger partial charge is 0.328 e. The molecule has 5 nitrogen and oxygen atoms in total. The van der Waals surface area contributed by atoms with Crippen LogP contribution in [-0.4, -0.2) is 20.5 Å². The van der Waals surface area contributed by atoms with Gasteiger partial charge in [-0.05, 0) is 35.6 Å². The maximum absolute atomic E-state index is 13.9. The first-order chi connectivity index (χ1) is 14.7. The van der Waals surface area contributed by atoms with Gasteiger partial charge in [0.2, 0.25) is 5.95 Å². The topological polar surface area (TPSA) is 59.8 Å². The van der Waals surface area contributed by atoms with Crippen LogP contribution >= 0.6 is 11.3 Å². The summed E-state index contributed by atoms with van der Waals surface area (Å²) in [6.45, 7) is 0. The number of halogens is 5. The van der Waals surface area contributed by atoms with E-state index in [4.69, 9.17) is 0 Å². The first-order valence-electron chi connectivity index (χ1n) is 9.27. The third-order valence-corrected chi connectivity index (χ3v) is 6.35. The van der Waals surface area contributed by atoms with Crippen LogP contribution in [-0.2, 0) is 11.0 Å². The largest absolute Gasteiger partial charge is 0.453 e. The summed E-state index contributed by atoms with van der Waals surface area (Å²) < 4.78 is 68.5. The second-order valence-electron chi connectivity index (χ2n) is 7.37. The van der Waals surface area contributed by atoms with Crippen molar-refractivity contribution in [3.63, 3.8) is 0 Å². The number of aromatic nitrogens is 3. The summed E-state index contributed by atoms with van der Waals surface area (Å²) in [6.07, 6.45) is -4.34. The Labute approximate surface area is 176 Å². The van der Waals surface area contributed by atoms with Crippen LogP contribution in [0, 0.1) is 11.6 Å². The van der Waals surface area contributed by atoms with Gasteiger partial charge in [-0.2, -0.15) is 18.2 Å². The first-order valence-corrected chi connectivity index (χ1v) is 10.1. The average molecular weight is 452 g/mol. The quantitative estimate of drug-likeness (QED) is 0.553. The normalized spacial score (nSPS) is 21.0. The minimum Gasteiger partial charge on any atom is -0.328 e. The van der Waals surface area contributed by atoms with Crippen LogP contribution in [0.1, 0.15) is 41.1 Å². The maximum atomic E-state index is 13.9. The fourth-order valence-electron chi connectivity index (χ4n) is 4.10. The van der Waals surface area contributed by atoms with Gasteiger partial charge in [-0.25, -0.2) is 13.5 Å². The van der Waals surface area contributed by atoms with Crippen LogP contribution in [0.25, 0.3) is 0 Å². The number of anilines is 1. The predicted octanol–water partition coefficient (Wildman–Crippen LogP) is 5.05. The highest BCUT2D eigenvalue weighted by molar-refractivity contribution is 7.10. The van der Waals surface area contributed by atoms with Crippen molar-refractivity contribution < 1.29 is 26.7 Å². The van der Waals surface area contributed by atoms with E-state index in [9.17, 15) is 26.7 Å². The maximum Gasteiger partial charge on any atom is 0.453 e. The van der Waals surface area contributed by atoms with E-state index in [0.29, 0.717) is 18.2 Å². The molecule has 0 radical (unpaired) electrons. The molecule has 3 heterocycles.